The van der Waals surface area contributed by atoms with E-state index in [9.17, 15) is 14.3 Å². The first kappa shape index (κ1) is 17.3. The molecule has 1 aliphatic heterocycles. The molecule has 1 aliphatic rings. The molecule has 0 saturated carbocycles. The summed E-state index contributed by atoms with van der Waals surface area (Å²) in [4.78, 5) is 15.8. The Labute approximate surface area is 161 Å². The third-order valence-corrected chi connectivity index (χ3v) is 4.69. The van der Waals surface area contributed by atoms with Gasteiger partial charge in [0.1, 0.15) is 11.6 Å². The molecule has 0 fully saturated rings. The zero-order valence-corrected chi connectivity index (χ0v) is 15.6. The Morgan fingerprint density at radius 2 is 2.00 bits per heavy atom. The molecular formula is C18H13BrFN5O2. The van der Waals surface area contributed by atoms with Crippen molar-refractivity contribution in [1.29, 1.82) is 0 Å². The van der Waals surface area contributed by atoms with Gasteiger partial charge < -0.3 is 5.11 Å². The molecule has 1 atom stereocenters. The van der Waals surface area contributed by atoms with Crippen LogP contribution in [-0.4, -0.2) is 31.7 Å². The van der Waals surface area contributed by atoms with E-state index in [4.69, 9.17) is 0 Å². The molecule has 27 heavy (non-hydrogen) atoms. The summed E-state index contributed by atoms with van der Waals surface area (Å²) in [6.07, 6.45) is -2.31. The molecule has 2 N–H and O–H groups in total. The first-order valence-corrected chi connectivity index (χ1v) is 8.79. The monoisotopic (exact) mass is 429 g/mol. The van der Waals surface area contributed by atoms with Crippen molar-refractivity contribution in [2.75, 3.05) is 0 Å². The van der Waals surface area contributed by atoms with Crippen molar-refractivity contribution in [2.45, 2.75) is 13.1 Å². The number of amides is 1. The number of aromatic nitrogens is 3. The molecule has 0 bridgehead atoms. The molecule has 136 valence electrons. The molecule has 1 aromatic heterocycles. The van der Waals surface area contributed by atoms with Gasteiger partial charge in [0.2, 0.25) is 0 Å². The third-order valence-electron chi connectivity index (χ3n) is 4.20. The number of nitrogens with one attached hydrogen (secondary N) is 1. The second-order valence-electron chi connectivity index (χ2n) is 5.91. The summed E-state index contributed by atoms with van der Waals surface area (Å²) in [5.74, 6) is 0.422. The second-order valence-corrected chi connectivity index (χ2v) is 6.83. The van der Waals surface area contributed by atoms with Crippen LogP contribution in [0.2, 0.25) is 0 Å². The highest BCUT2D eigenvalue weighted by Gasteiger charge is 2.30. The SMILES string of the molecule is Cc1nnc2n1-c1ccc(Br)cc1C(c1ccccc1F)=NC2NC(=O)O. The highest BCUT2D eigenvalue weighted by molar-refractivity contribution is 9.10. The van der Waals surface area contributed by atoms with Gasteiger partial charge in [0.15, 0.2) is 12.0 Å². The van der Waals surface area contributed by atoms with Crippen molar-refractivity contribution in [3.8, 4) is 5.69 Å². The van der Waals surface area contributed by atoms with Crippen LogP contribution in [0.15, 0.2) is 51.9 Å². The summed E-state index contributed by atoms with van der Waals surface area (Å²) >= 11 is 3.44. The number of aryl methyl sites for hydroxylation is 1. The fourth-order valence-electron chi connectivity index (χ4n) is 3.08. The predicted molar refractivity (Wildman–Crippen MR) is 99.7 cm³/mol. The lowest BCUT2D eigenvalue weighted by molar-refractivity contribution is 0.189. The number of aliphatic imine (C=N–C) groups is 1. The maximum Gasteiger partial charge on any atom is 0.406 e. The normalized spacial score (nSPS) is 15.4. The van der Waals surface area contributed by atoms with Crippen molar-refractivity contribution in [3.63, 3.8) is 0 Å². The number of carbonyl (C=O) groups is 1. The molecule has 0 spiro atoms. The molecule has 0 saturated heterocycles. The van der Waals surface area contributed by atoms with Gasteiger partial charge in [0.05, 0.1) is 11.4 Å². The number of nitrogens with zero attached hydrogens (tertiary/aromatic N) is 4. The highest BCUT2D eigenvalue weighted by Crippen LogP contribution is 2.32. The van der Waals surface area contributed by atoms with E-state index in [2.05, 4.69) is 36.4 Å². The van der Waals surface area contributed by atoms with E-state index in [1.54, 1.807) is 29.7 Å². The van der Waals surface area contributed by atoms with Crippen LogP contribution in [-0.2, 0) is 0 Å². The van der Waals surface area contributed by atoms with Gasteiger partial charge in [-0.15, -0.1) is 10.2 Å². The van der Waals surface area contributed by atoms with E-state index < -0.39 is 18.1 Å². The number of rotatable bonds is 2. The van der Waals surface area contributed by atoms with Crippen molar-refractivity contribution in [2.24, 2.45) is 4.99 Å². The Kier molecular flexibility index (Phi) is 4.23. The molecule has 9 heteroatoms. The second kappa shape index (κ2) is 6.58. The van der Waals surface area contributed by atoms with Crippen LogP contribution in [0.3, 0.4) is 0 Å². The van der Waals surface area contributed by atoms with E-state index in [1.165, 1.54) is 6.07 Å². The Morgan fingerprint density at radius 3 is 2.74 bits per heavy atom. The number of fused-ring (bicyclic) bond motifs is 3. The summed E-state index contributed by atoms with van der Waals surface area (Å²) in [6.45, 7) is 1.76. The van der Waals surface area contributed by atoms with Gasteiger partial charge >= 0.3 is 6.09 Å². The summed E-state index contributed by atoms with van der Waals surface area (Å²) < 4.78 is 17.1. The van der Waals surface area contributed by atoms with Gasteiger partial charge in [0, 0.05) is 15.6 Å². The van der Waals surface area contributed by atoms with Gasteiger partial charge in [-0.1, -0.05) is 28.1 Å². The van der Waals surface area contributed by atoms with E-state index in [-0.39, 0.29) is 5.56 Å². The number of carboxylic acid groups (broad SMARTS) is 1. The average molecular weight is 430 g/mol. The summed E-state index contributed by atoms with van der Waals surface area (Å²) in [6, 6.07) is 11.7. The number of benzene rings is 2. The number of hydrogen-bond acceptors (Lipinski definition) is 4. The molecule has 4 rings (SSSR count). The van der Waals surface area contributed by atoms with Crippen LogP contribution >= 0.6 is 15.9 Å². The number of hydrogen-bond donors (Lipinski definition) is 2. The van der Waals surface area contributed by atoms with Crippen molar-refractivity contribution in [3.05, 3.63) is 75.5 Å². The third kappa shape index (κ3) is 2.99. The zero-order chi connectivity index (χ0) is 19.1. The van der Waals surface area contributed by atoms with Crippen LogP contribution in [0.5, 0.6) is 0 Å². The van der Waals surface area contributed by atoms with E-state index >= 15 is 0 Å². The first-order chi connectivity index (χ1) is 13.0. The lowest BCUT2D eigenvalue weighted by atomic mass is 10.00. The van der Waals surface area contributed by atoms with Gasteiger partial charge in [-0.25, -0.2) is 9.18 Å². The van der Waals surface area contributed by atoms with E-state index in [0.717, 1.165) is 4.47 Å². The minimum absolute atomic E-state index is 0.269. The topological polar surface area (TPSA) is 92.4 Å². The summed E-state index contributed by atoms with van der Waals surface area (Å²) in [5.41, 5.74) is 1.92. The van der Waals surface area contributed by atoms with Gasteiger partial charge in [-0.3, -0.25) is 14.9 Å². The Balaban J connectivity index is 2.06. The maximum atomic E-state index is 14.6. The largest absolute Gasteiger partial charge is 0.465 e. The Morgan fingerprint density at radius 1 is 1.22 bits per heavy atom. The van der Waals surface area contributed by atoms with Crippen molar-refractivity contribution in [1.82, 2.24) is 20.1 Å². The fraction of sp³-hybridized carbons (Fsp3) is 0.111. The predicted octanol–water partition coefficient (Wildman–Crippen LogP) is 3.59. The van der Waals surface area contributed by atoms with E-state index in [0.29, 0.717) is 28.6 Å². The molecule has 2 heterocycles. The van der Waals surface area contributed by atoms with Crippen LogP contribution in [0.4, 0.5) is 9.18 Å². The molecule has 0 radical (unpaired) electrons. The van der Waals surface area contributed by atoms with Gasteiger partial charge in [0.25, 0.3) is 0 Å². The van der Waals surface area contributed by atoms with Crippen LogP contribution in [0, 0.1) is 12.7 Å². The first-order valence-electron chi connectivity index (χ1n) is 8.00. The van der Waals surface area contributed by atoms with E-state index in [1.807, 2.05) is 18.2 Å². The summed E-state index contributed by atoms with van der Waals surface area (Å²) in [7, 11) is 0. The summed E-state index contributed by atoms with van der Waals surface area (Å²) in [5, 5.41) is 19.7. The molecule has 2 aromatic carbocycles. The number of halogens is 2. The van der Waals surface area contributed by atoms with Crippen LogP contribution in [0.25, 0.3) is 5.69 Å². The molecule has 1 amide bonds. The molecular weight excluding hydrogens is 417 g/mol. The molecule has 3 aromatic rings. The van der Waals surface area contributed by atoms with Crippen LogP contribution < -0.4 is 5.32 Å². The van der Waals surface area contributed by atoms with Gasteiger partial charge in [-0.05, 0) is 37.3 Å². The minimum atomic E-state index is -1.27. The molecule has 0 aliphatic carbocycles. The zero-order valence-electron chi connectivity index (χ0n) is 14.0. The molecule has 1 unspecified atom stereocenters. The van der Waals surface area contributed by atoms with Gasteiger partial charge in [-0.2, -0.15) is 0 Å². The highest BCUT2D eigenvalue weighted by atomic mass is 79.9. The van der Waals surface area contributed by atoms with Crippen molar-refractivity contribution < 1.29 is 14.3 Å². The Bertz CT molecular complexity index is 1100. The standard InChI is InChI=1S/C18H13BrFN5O2/c1-9-23-24-17-16(22-18(26)27)21-15(11-4-2-3-5-13(11)20)12-8-10(19)6-7-14(12)25(9)17/h2-8,16,22H,1H3,(H,26,27). The minimum Gasteiger partial charge on any atom is -0.465 e. The fourth-order valence-corrected chi connectivity index (χ4v) is 3.45. The smallest absolute Gasteiger partial charge is 0.406 e. The lowest BCUT2D eigenvalue weighted by Gasteiger charge is -2.13. The molecule has 7 nitrogen and oxygen atoms in total. The average Bonchev–Trinajstić information content (AvgIpc) is 2.94. The lowest BCUT2D eigenvalue weighted by Crippen LogP contribution is -2.27. The van der Waals surface area contributed by atoms with Crippen LogP contribution in [0.1, 0.15) is 28.9 Å². The van der Waals surface area contributed by atoms with Crippen molar-refractivity contribution >= 4 is 27.7 Å². The quantitative estimate of drug-likeness (QED) is 0.650. The Hall–Kier alpha value is -3.07. The maximum absolute atomic E-state index is 14.6.